The van der Waals surface area contributed by atoms with Crippen LogP contribution in [0, 0.1) is 13.8 Å². The molecule has 2 rings (SSSR count). The molecule has 0 aliphatic heterocycles. The quantitative estimate of drug-likeness (QED) is 0.668. The van der Waals surface area contributed by atoms with E-state index in [2.05, 4.69) is 44.0 Å². The Labute approximate surface area is 80.4 Å². The van der Waals surface area contributed by atoms with Crippen LogP contribution in [-0.2, 0) is 0 Å². The number of nitrogens with zero attached hydrogens (tertiary/aromatic N) is 1. The molecule has 1 aliphatic carbocycles. The molecular weight excluding hydrogens is 158 g/mol. The van der Waals surface area contributed by atoms with E-state index in [9.17, 15) is 0 Å². The highest BCUT2D eigenvalue weighted by atomic mass is 15.2. The van der Waals surface area contributed by atoms with E-state index in [1.165, 1.54) is 29.7 Å². The van der Waals surface area contributed by atoms with Crippen molar-refractivity contribution in [3.05, 3.63) is 29.3 Å². The summed E-state index contributed by atoms with van der Waals surface area (Å²) >= 11 is 0. The van der Waals surface area contributed by atoms with E-state index < -0.39 is 0 Å². The number of hydrogen-bond donors (Lipinski definition) is 0. The molecule has 0 bridgehead atoms. The van der Waals surface area contributed by atoms with E-state index in [4.69, 9.17) is 0 Å². The third-order valence-corrected chi connectivity index (χ3v) is 2.99. The Morgan fingerprint density at radius 2 is 1.85 bits per heavy atom. The molecule has 1 nitrogen and oxygen atoms in total. The van der Waals surface area contributed by atoms with Gasteiger partial charge < -0.3 is 4.90 Å². The summed E-state index contributed by atoms with van der Waals surface area (Å²) in [5, 5.41) is 0. The van der Waals surface area contributed by atoms with E-state index in [1.807, 2.05) is 0 Å². The van der Waals surface area contributed by atoms with Crippen molar-refractivity contribution in [3.8, 4) is 0 Å². The SMILES string of the molecule is Cc1ccc(N(C)C2CC2)cc1C. The lowest BCUT2D eigenvalue weighted by Crippen LogP contribution is -2.19. The molecule has 0 radical (unpaired) electrons. The molecule has 1 fully saturated rings. The highest BCUT2D eigenvalue weighted by Gasteiger charge is 2.26. The normalized spacial score (nSPS) is 15.9. The summed E-state index contributed by atoms with van der Waals surface area (Å²) in [6.45, 7) is 4.34. The second-order valence-corrected chi connectivity index (χ2v) is 4.11. The van der Waals surface area contributed by atoms with E-state index in [0.717, 1.165) is 6.04 Å². The molecular formula is C12H17N. The molecule has 13 heavy (non-hydrogen) atoms. The lowest BCUT2D eigenvalue weighted by Gasteiger charge is -2.19. The molecule has 1 aromatic rings. The fourth-order valence-electron chi connectivity index (χ4n) is 1.62. The molecule has 0 unspecified atom stereocenters. The van der Waals surface area contributed by atoms with Crippen LogP contribution in [0.4, 0.5) is 5.69 Å². The largest absolute Gasteiger partial charge is 0.372 e. The van der Waals surface area contributed by atoms with E-state index in [1.54, 1.807) is 0 Å². The number of benzene rings is 1. The van der Waals surface area contributed by atoms with Crippen LogP contribution in [-0.4, -0.2) is 13.1 Å². The Morgan fingerprint density at radius 1 is 1.15 bits per heavy atom. The molecule has 0 aromatic heterocycles. The number of aryl methyl sites for hydroxylation is 2. The zero-order valence-electron chi connectivity index (χ0n) is 8.67. The summed E-state index contributed by atoms with van der Waals surface area (Å²) in [7, 11) is 2.20. The maximum Gasteiger partial charge on any atom is 0.0368 e. The van der Waals surface area contributed by atoms with Gasteiger partial charge in [-0.1, -0.05) is 6.07 Å². The van der Waals surface area contributed by atoms with Crippen LogP contribution < -0.4 is 4.90 Å². The molecule has 0 spiro atoms. The first-order valence-electron chi connectivity index (χ1n) is 4.98. The fourth-order valence-corrected chi connectivity index (χ4v) is 1.62. The van der Waals surface area contributed by atoms with Crippen LogP contribution in [0.2, 0.25) is 0 Å². The molecule has 1 saturated carbocycles. The smallest absolute Gasteiger partial charge is 0.0368 e. The maximum atomic E-state index is 2.40. The van der Waals surface area contributed by atoms with Gasteiger partial charge in [0, 0.05) is 18.8 Å². The summed E-state index contributed by atoms with van der Waals surface area (Å²) in [5.41, 5.74) is 4.14. The summed E-state index contributed by atoms with van der Waals surface area (Å²) < 4.78 is 0. The van der Waals surface area contributed by atoms with Crippen molar-refractivity contribution in [2.45, 2.75) is 32.7 Å². The van der Waals surface area contributed by atoms with Gasteiger partial charge >= 0.3 is 0 Å². The van der Waals surface area contributed by atoms with Crippen molar-refractivity contribution in [1.29, 1.82) is 0 Å². The van der Waals surface area contributed by atoms with Crippen molar-refractivity contribution in [3.63, 3.8) is 0 Å². The standard InChI is InChI=1S/C12H17N/c1-9-4-5-12(8-10(9)2)13(3)11-6-7-11/h4-5,8,11H,6-7H2,1-3H3. The van der Waals surface area contributed by atoms with Crippen molar-refractivity contribution in [2.75, 3.05) is 11.9 Å². The molecule has 0 atom stereocenters. The van der Waals surface area contributed by atoms with Crippen LogP contribution in [0.15, 0.2) is 18.2 Å². The van der Waals surface area contributed by atoms with Crippen LogP contribution in [0.5, 0.6) is 0 Å². The maximum absolute atomic E-state index is 2.40. The van der Waals surface area contributed by atoms with E-state index >= 15 is 0 Å². The van der Waals surface area contributed by atoms with Crippen molar-refractivity contribution in [1.82, 2.24) is 0 Å². The summed E-state index contributed by atoms with van der Waals surface area (Å²) in [6, 6.07) is 7.53. The highest BCUT2D eigenvalue weighted by molar-refractivity contribution is 5.51. The molecule has 0 N–H and O–H groups in total. The van der Waals surface area contributed by atoms with E-state index in [0.29, 0.717) is 0 Å². The first kappa shape index (κ1) is 8.61. The second kappa shape index (κ2) is 3.06. The van der Waals surface area contributed by atoms with Gasteiger partial charge in [-0.25, -0.2) is 0 Å². The lowest BCUT2D eigenvalue weighted by atomic mass is 10.1. The van der Waals surface area contributed by atoms with Gasteiger partial charge in [0.2, 0.25) is 0 Å². The predicted octanol–water partition coefficient (Wildman–Crippen LogP) is 2.90. The molecule has 1 heteroatoms. The van der Waals surface area contributed by atoms with E-state index in [-0.39, 0.29) is 0 Å². The third kappa shape index (κ3) is 1.69. The summed E-state index contributed by atoms with van der Waals surface area (Å²) in [6.07, 6.45) is 2.73. The molecule has 70 valence electrons. The first-order valence-corrected chi connectivity index (χ1v) is 4.98. The topological polar surface area (TPSA) is 3.24 Å². The summed E-state index contributed by atoms with van der Waals surface area (Å²) in [5.74, 6) is 0. The first-order chi connectivity index (χ1) is 6.18. The average molecular weight is 175 g/mol. The molecule has 0 saturated heterocycles. The molecule has 0 heterocycles. The Balaban J connectivity index is 2.24. The van der Waals surface area contributed by atoms with Gasteiger partial charge in [-0.3, -0.25) is 0 Å². The molecule has 1 aromatic carbocycles. The van der Waals surface area contributed by atoms with Crippen molar-refractivity contribution < 1.29 is 0 Å². The van der Waals surface area contributed by atoms with Gasteiger partial charge in [0.15, 0.2) is 0 Å². The monoisotopic (exact) mass is 175 g/mol. The van der Waals surface area contributed by atoms with Gasteiger partial charge in [0.25, 0.3) is 0 Å². The Morgan fingerprint density at radius 3 is 2.38 bits per heavy atom. The minimum Gasteiger partial charge on any atom is -0.372 e. The lowest BCUT2D eigenvalue weighted by molar-refractivity contribution is 0.915. The minimum atomic E-state index is 0.808. The van der Waals surface area contributed by atoms with Crippen molar-refractivity contribution >= 4 is 5.69 Å². The van der Waals surface area contributed by atoms with Crippen molar-refractivity contribution in [2.24, 2.45) is 0 Å². The highest BCUT2D eigenvalue weighted by Crippen LogP contribution is 2.30. The number of rotatable bonds is 2. The second-order valence-electron chi connectivity index (χ2n) is 4.11. The van der Waals surface area contributed by atoms with Gasteiger partial charge in [-0.15, -0.1) is 0 Å². The van der Waals surface area contributed by atoms with Crippen LogP contribution >= 0.6 is 0 Å². The zero-order valence-corrected chi connectivity index (χ0v) is 8.67. The number of hydrogen-bond acceptors (Lipinski definition) is 1. The Bertz CT molecular complexity index is 313. The molecule has 0 amide bonds. The third-order valence-electron chi connectivity index (χ3n) is 2.99. The predicted molar refractivity (Wildman–Crippen MR) is 57.3 cm³/mol. The van der Waals surface area contributed by atoms with Gasteiger partial charge in [-0.05, 0) is 49.9 Å². The average Bonchev–Trinajstić information content (AvgIpc) is 2.91. The Kier molecular flexibility index (Phi) is 2.03. The van der Waals surface area contributed by atoms with Gasteiger partial charge in [0.1, 0.15) is 0 Å². The van der Waals surface area contributed by atoms with Gasteiger partial charge in [0.05, 0.1) is 0 Å². The fraction of sp³-hybridized carbons (Fsp3) is 0.500. The van der Waals surface area contributed by atoms with Gasteiger partial charge in [-0.2, -0.15) is 0 Å². The Hall–Kier alpha value is -0.980. The van der Waals surface area contributed by atoms with Crippen LogP contribution in [0.1, 0.15) is 24.0 Å². The molecule has 1 aliphatic rings. The van der Waals surface area contributed by atoms with Crippen LogP contribution in [0.25, 0.3) is 0 Å². The van der Waals surface area contributed by atoms with Crippen LogP contribution in [0.3, 0.4) is 0 Å². The summed E-state index contributed by atoms with van der Waals surface area (Å²) in [4.78, 5) is 2.40. The minimum absolute atomic E-state index is 0.808. The zero-order chi connectivity index (χ0) is 9.42. The number of anilines is 1.